The topological polar surface area (TPSA) is 80.1 Å². The van der Waals surface area contributed by atoms with Crippen LogP contribution in [0.3, 0.4) is 0 Å². The third kappa shape index (κ3) is 6.04. The Balaban J connectivity index is 1.29. The molecule has 1 aliphatic carbocycles. The number of rotatable bonds is 7. The van der Waals surface area contributed by atoms with Crippen LogP contribution in [0.5, 0.6) is 0 Å². The highest BCUT2D eigenvalue weighted by Gasteiger charge is 2.31. The van der Waals surface area contributed by atoms with Gasteiger partial charge in [-0.1, -0.05) is 31.4 Å². The van der Waals surface area contributed by atoms with E-state index in [-0.39, 0.29) is 42.0 Å². The van der Waals surface area contributed by atoms with E-state index in [4.69, 9.17) is 9.15 Å². The Bertz CT molecular complexity index is 962. The van der Waals surface area contributed by atoms with Gasteiger partial charge in [-0.2, -0.15) is 0 Å². The van der Waals surface area contributed by atoms with Gasteiger partial charge in [-0.3, -0.25) is 14.4 Å². The number of likely N-dealkylation sites (tertiary alicyclic amines) is 1. The number of piperidine rings is 1. The molecule has 0 N–H and O–H groups in total. The average molecular weight is 471 g/mol. The van der Waals surface area contributed by atoms with Crippen LogP contribution in [0.15, 0.2) is 47.1 Å². The minimum Gasteiger partial charge on any atom is -0.459 e. The van der Waals surface area contributed by atoms with Crippen LogP contribution in [0, 0.1) is 11.7 Å². The molecule has 1 aromatic carbocycles. The minimum absolute atomic E-state index is 0.0980. The van der Waals surface area contributed by atoms with E-state index in [9.17, 15) is 18.8 Å². The fraction of sp³-hybridized carbons (Fsp3) is 0.500. The van der Waals surface area contributed by atoms with E-state index in [1.165, 1.54) is 18.4 Å². The van der Waals surface area contributed by atoms with Crippen molar-refractivity contribution in [3.63, 3.8) is 0 Å². The maximum absolute atomic E-state index is 13.3. The van der Waals surface area contributed by atoms with E-state index in [0.29, 0.717) is 32.5 Å². The molecule has 1 aromatic heterocycles. The number of benzene rings is 1. The second kappa shape index (κ2) is 11.3. The molecule has 1 aliphatic heterocycles. The summed E-state index contributed by atoms with van der Waals surface area (Å²) in [6, 6.07) is 9.54. The average Bonchev–Trinajstić information content (AvgIpc) is 3.42. The highest BCUT2D eigenvalue weighted by atomic mass is 19.1. The molecule has 182 valence electrons. The first kappa shape index (κ1) is 24.0. The lowest BCUT2D eigenvalue weighted by Crippen LogP contribution is -2.44. The first-order chi connectivity index (χ1) is 16.5. The normalized spacial score (nSPS) is 17.4. The Morgan fingerprint density at radius 3 is 2.35 bits per heavy atom. The van der Waals surface area contributed by atoms with E-state index in [2.05, 4.69) is 0 Å². The molecule has 1 saturated heterocycles. The summed E-state index contributed by atoms with van der Waals surface area (Å²) in [6.07, 6.45) is 7.56. The summed E-state index contributed by atoms with van der Waals surface area (Å²) in [7, 11) is 0. The lowest BCUT2D eigenvalue weighted by Gasteiger charge is -2.35. The van der Waals surface area contributed by atoms with Crippen LogP contribution in [0.2, 0.25) is 0 Å². The van der Waals surface area contributed by atoms with Gasteiger partial charge in [0, 0.05) is 25.7 Å². The summed E-state index contributed by atoms with van der Waals surface area (Å²) < 4.78 is 23.9. The van der Waals surface area contributed by atoms with Gasteiger partial charge in [-0.25, -0.2) is 4.39 Å². The molecule has 1 saturated carbocycles. The molecule has 2 aromatic rings. The first-order valence-corrected chi connectivity index (χ1v) is 12.0. The third-order valence-electron chi connectivity index (χ3n) is 6.79. The number of carbonyl (C=O) groups is 3. The number of amides is 2. The van der Waals surface area contributed by atoms with E-state index in [0.717, 1.165) is 37.7 Å². The fourth-order valence-corrected chi connectivity index (χ4v) is 4.81. The summed E-state index contributed by atoms with van der Waals surface area (Å²) in [5.74, 6) is -1.18. The van der Waals surface area contributed by atoms with Crippen molar-refractivity contribution in [3.05, 3.63) is 59.8 Å². The van der Waals surface area contributed by atoms with Crippen LogP contribution < -0.4 is 0 Å². The second-order valence-electron chi connectivity index (χ2n) is 9.09. The predicted molar refractivity (Wildman–Crippen MR) is 122 cm³/mol. The number of carbonyl (C=O) groups excluding carboxylic acids is 3. The van der Waals surface area contributed by atoms with Gasteiger partial charge in [0.25, 0.3) is 11.8 Å². The lowest BCUT2D eigenvalue weighted by molar-refractivity contribution is -0.158. The van der Waals surface area contributed by atoms with Crippen molar-refractivity contribution in [3.8, 4) is 0 Å². The molecule has 7 nitrogen and oxygen atoms in total. The molecule has 2 amide bonds. The summed E-state index contributed by atoms with van der Waals surface area (Å²) in [4.78, 5) is 41.6. The van der Waals surface area contributed by atoms with Crippen LogP contribution >= 0.6 is 0 Å². The predicted octanol–water partition coefficient (Wildman–Crippen LogP) is 4.18. The zero-order valence-electron chi connectivity index (χ0n) is 19.3. The number of hydrogen-bond acceptors (Lipinski definition) is 5. The van der Waals surface area contributed by atoms with Crippen molar-refractivity contribution >= 4 is 17.8 Å². The molecule has 4 rings (SSSR count). The van der Waals surface area contributed by atoms with E-state index in [1.54, 1.807) is 34.1 Å². The van der Waals surface area contributed by atoms with Gasteiger partial charge >= 0.3 is 5.97 Å². The number of halogens is 1. The van der Waals surface area contributed by atoms with Crippen LogP contribution in [0.1, 0.15) is 61.1 Å². The molecular formula is C26H31FN2O5. The molecule has 0 bridgehead atoms. The number of esters is 1. The molecule has 34 heavy (non-hydrogen) atoms. The standard InChI is InChI=1S/C26H31FN2O5/c27-21-10-8-19(9-11-21)17-29(22-5-2-1-3-6-22)24(30)18-34-26(32)20-12-14-28(15-13-20)25(31)23-7-4-16-33-23/h4,7-11,16,20,22H,1-3,5-6,12-15,17-18H2. The zero-order valence-corrected chi connectivity index (χ0v) is 19.3. The van der Waals surface area contributed by atoms with Gasteiger partial charge in [0.2, 0.25) is 0 Å². The maximum atomic E-state index is 13.3. The Morgan fingerprint density at radius 2 is 1.71 bits per heavy atom. The maximum Gasteiger partial charge on any atom is 0.309 e. The van der Waals surface area contributed by atoms with E-state index >= 15 is 0 Å². The highest BCUT2D eigenvalue weighted by molar-refractivity contribution is 5.91. The van der Waals surface area contributed by atoms with E-state index in [1.807, 2.05) is 0 Å². The van der Waals surface area contributed by atoms with Gasteiger partial charge in [0.05, 0.1) is 12.2 Å². The Kier molecular flexibility index (Phi) is 7.98. The van der Waals surface area contributed by atoms with Gasteiger partial charge in [0.15, 0.2) is 12.4 Å². The van der Waals surface area contributed by atoms with Crippen LogP contribution in [0.25, 0.3) is 0 Å². The quantitative estimate of drug-likeness (QED) is 0.568. The van der Waals surface area contributed by atoms with E-state index < -0.39 is 5.97 Å². The van der Waals surface area contributed by atoms with Crippen molar-refractivity contribution in [2.24, 2.45) is 5.92 Å². The van der Waals surface area contributed by atoms with Gasteiger partial charge < -0.3 is 19.0 Å². The van der Waals surface area contributed by atoms with Crippen molar-refractivity contribution in [1.29, 1.82) is 0 Å². The van der Waals surface area contributed by atoms with Crippen LogP contribution in [-0.4, -0.2) is 53.3 Å². The number of ether oxygens (including phenoxy) is 1. The number of furan rings is 1. The molecule has 2 heterocycles. The van der Waals surface area contributed by atoms with Crippen molar-refractivity contribution in [1.82, 2.24) is 9.80 Å². The molecule has 8 heteroatoms. The smallest absolute Gasteiger partial charge is 0.309 e. The molecule has 0 unspecified atom stereocenters. The largest absolute Gasteiger partial charge is 0.459 e. The van der Waals surface area contributed by atoms with Crippen LogP contribution in [-0.2, 0) is 20.9 Å². The third-order valence-corrected chi connectivity index (χ3v) is 6.79. The number of nitrogens with zero attached hydrogens (tertiary/aromatic N) is 2. The molecule has 0 spiro atoms. The Hall–Kier alpha value is -3.16. The summed E-state index contributed by atoms with van der Waals surface area (Å²) >= 11 is 0. The highest BCUT2D eigenvalue weighted by Crippen LogP contribution is 2.25. The van der Waals surface area contributed by atoms with Crippen molar-refractivity contribution < 1.29 is 27.9 Å². The Labute approximate surface area is 198 Å². The van der Waals surface area contributed by atoms with Gasteiger partial charge in [0.1, 0.15) is 5.82 Å². The number of hydrogen-bond donors (Lipinski definition) is 0. The summed E-state index contributed by atoms with van der Waals surface area (Å²) in [6.45, 7) is 0.939. The molecule has 2 aliphatic rings. The monoisotopic (exact) mass is 470 g/mol. The molecule has 0 radical (unpaired) electrons. The van der Waals surface area contributed by atoms with Gasteiger partial charge in [-0.15, -0.1) is 0 Å². The summed E-state index contributed by atoms with van der Waals surface area (Å²) in [5.41, 5.74) is 0.847. The van der Waals surface area contributed by atoms with Crippen LogP contribution in [0.4, 0.5) is 4.39 Å². The van der Waals surface area contributed by atoms with Gasteiger partial charge in [-0.05, 0) is 55.5 Å². The first-order valence-electron chi connectivity index (χ1n) is 12.0. The van der Waals surface area contributed by atoms with Crippen molar-refractivity contribution in [2.45, 2.75) is 57.5 Å². The Morgan fingerprint density at radius 1 is 1.00 bits per heavy atom. The SMILES string of the molecule is O=C(OCC(=O)N(Cc1ccc(F)cc1)C1CCCCC1)C1CCN(C(=O)c2ccco2)CC1. The molecule has 0 atom stereocenters. The molecular weight excluding hydrogens is 439 g/mol. The summed E-state index contributed by atoms with van der Waals surface area (Å²) in [5, 5.41) is 0. The second-order valence-corrected chi connectivity index (χ2v) is 9.09. The minimum atomic E-state index is -0.399. The lowest BCUT2D eigenvalue weighted by atomic mass is 9.93. The van der Waals surface area contributed by atoms with Crippen molar-refractivity contribution in [2.75, 3.05) is 19.7 Å². The zero-order chi connectivity index (χ0) is 23.9. The fourth-order valence-electron chi connectivity index (χ4n) is 4.81. The molecule has 2 fully saturated rings.